The smallest absolute Gasteiger partial charge is 0.220 e. The Labute approximate surface area is 110 Å². The number of carbonyl (C=O) groups is 1. The predicted molar refractivity (Wildman–Crippen MR) is 77.3 cm³/mol. The number of amides is 1. The van der Waals surface area contributed by atoms with E-state index < -0.39 is 0 Å². The molecule has 1 atom stereocenters. The first-order valence-corrected chi connectivity index (χ1v) is 7.83. The molecule has 17 heavy (non-hydrogen) atoms. The number of rotatable bonds is 9. The highest BCUT2D eigenvalue weighted by atomic mass is 32.2. The highest BCUT2D eigenvalue weighted by Gasteiger charge is 2.19. The molecule has 0 fully saturated rings. The molecule has 0 aromatic rings. The second-order valence-corrected chi connectivity index (χ2v) is 6.24. The minimum atomic E-state index is 0.174. The molecule has 4 heteroatoms. The van der Waals surface area contributed by atoms with Crippen molar-refractivity contribution in [2.24, 2.45) is 11.1 Å². The van der Waals surface area contributed by atoms with Crippen LogP contribution in [0.3, 0.4) is 0 Å². The minimum absolute atomic E-state index is 0.174. The molecule has 0 saturated carbocycles. The van der Waals surface area contributed by atoms with Gasteiger partial charge in [0.05, 0.1) is 0 Å². The van der Waals surface area contributed by atoms with Gasteiger partial charge in [-0.25, -0.2) is 0 Å². The Bertz CT molecular complexity index is 219. The number of nitrogens with one attached hydrogen (secondary N) is 1. The zero-order chi connectivity index (χ0) is 13.3. The largest absolute Gasteiger partial charge is 0.353 e. The molecule has 0 aromatic carbocycles. The van der Waals surface area contributed by atoms with Gasteiger partial charge in [-0.2, -0.15) is 11.8 Å². The fraction of sp³-hybridized carbons (Fsp3) is 0.923. The van der Waals surface area contributed by atoms with Crippen LogP contribution in [-0.2, 0) is 4.79 Å². The molecule has 0 aliphatic heterocycles. The van der Waals surface area contributed by atoms with Gasteiger partial charge < -0.3 is 11.1 Å². The van der Waals surface area contributed by atoms with Crippen molar-refractivity contribution in [1.82, 2.24) is 5.32 Å². The molecule has 0 spiro atoms. The number of nitrogens with two attached hydrogens (primary N) is 1. The molecule has 1 unspecified atom stereocenters. The lowest BCUT2D eigenvalue weighted by Crippen LogP contribution is -2.36. The van der Waals surface area contributed by atoms with Crippen LogP contribution in [0.2, 0.25) is 0 Å². The van der Waals surface area contributed by atoms with Crippen LogP contribution >= 0.6 is 11.8 Å². The third-order valence-corrected chi connectivity index (χ3v) is 3.81. The Morgan fingerprint density at radius 3 is 2.53 bits per heavy atom. The van der Waals surface area contributed by atoms with Crippen LogP contribution in [0.5, 0.6) is 0 Å². The molecule has 0 bridgehead atoms. The first kappa shape index (κ1) is 16.8. The number of hydrogen-bond acceptors (Lipinski definition) is 3. The average molecular weight is 260 g/mol. The van der Waals surface area contributed by atoms with Gasteiger partial charge >= 0.3 is 0 Å². The van der Waals surface area contributed by atoms with Crippen molar-refractivity contribution in [3.05, 3.63) is 0 Å². The van der Waals surface area contributed by atoms with Crippen LogP contribution in [0, 0.1) is 5.41 Å². The van der Waals surface area contributed by atoms with E-state index in [1.807, 2.05) is 0 Å². The minimum Gasteiger partial charge on any atom is -0.353 e. The molecule has 0 saturated heterocycles. The molecule has 0 radical (unpaired) electrons. The van der Waals surface area contributed by atoms with Crippen molar-refractivity contribution in [2.75, 3.05) is 18.6 Å². The van der Waals surface area contributed by atoms with Crippen LogP contribution in [0.15, 0.2) is 0 Å². The first-order chi connectivity index (χ1) is 7.95. The van der Waals surface area contributed by atoms with E-state index >= 15 is 0 Å². The van der Waals surface area contributed by atoms with E-state index in [-0.39, 0.29) is 11.3 Å². The van der Waals surface area contributed by atoms with Gasteiger partial charge in [0, 0.05) is 18.2 Å². The van der Waals surface area contributed by atoms with E-state index in [0.717, 1.165) is 25.0 Å². The summed E-state index contributed by atoms with van der Waals surface area (Å²) < 4.78 is 0. The van der Waals surface area contributed by atoms with E-state index in [9.17, 15) is 4.79 Å². The van der Waals surface area contributed by atoms with Crippen LogP contribution in [-0.4, -0.2) is 30.5 Å². The third-order valence-electron chi connectivity index (χ3n) is 3.08. The summed E-state index contributed by atoms with van der Waals surface area (Å²) in [6.45, 7) is 7.15. The molecule has 3 nitrogen and oxygen atoms in total. The summed E-state index contributed by atoms with van der Waals surface area (Å²) in [5, 5.41) is 3.09. The second-order valence-electron chi connectivity index (χ2n) is 5.33. The molecule has 0 rings (SSSR count). The van der Waals surface area contributed by atoms with Crippen molar-refractivity contribution in [3.8, 4) is 0 Å². The van der Waals surface area contributed by atoms with Gasteiger partial charge in [-0.05, 0) is 37.5 Å². The zero-order valence-electron chi connectivity index (χ0n) is 11.7. The maximum Gasteiger partial charge on any atom is 0.220 e. The first-order valence-electron chi connectivity index (χ1n) is 6.43. The van der Waals surface area contributed by atoms with Crippen molar-refractivity contribution in [2.45, 2.75) is 52.5 Å². The fourth-order valence-corrected chi connectivity index (χ4v) is 2.45. The lowest BCUT2D eigenvalue weighted by Gasteiger charge is -2.24. The Hall–Kier alpha value is -0.220. The molecular formula is C13H28N2OS. The van der Waals surface area contributed by atoms with Crippen molar-refractivity contribution >= 4 is 17.7 Å². The van der Waals surface area contributed by atoms with Crippen LogP contribution in [0.4, 0.5) is 0 Å². The third kappa shape index (κ3) is 8.50. The van der Waals surface area contributed by atoms with E-state index in [0.29, 0.717) is 19.0 Å². The number of thioether (sulfide) groups is 1. The average Bonchev–Trinajstić information content (AvgIpc) is 2.26. The highest BCUT2D eigenvalue weighted by molar-refractivity contribution is 7.98. The summed E-state index contributed by atoms with van der Waals surface area (Å²) in [4.78, 5) is 11.8. The number of carbonyl (C=O) groups excluding carboxylic acids is 1. The zero-order valence-corrected chi connectivity index (χ0v) is 12.5. The van der Waals surface area contributed by atoms with Crippen molar-refractivity contribution in [1.29, 1.82) is 0 Å². The van der Waals surface area contributed by atoms with E-state index in [1.165, 1.54) is 0 Å². The summed E-state index contributed by atoms with van der Waals surface area (Å²) in [5.74, 6) is 1.17. The summed E-state index contributed by atoms with van der Waals surface area (Å²) in [5.41, 5.74) is 5.73. The fourth-order valence-electron chi connectivity index (χ4n) is 1.73. The Balaban J connectivity index is 3.93. The summed E-state index contributed by atoms with van der Waals surface area (Å²) in [6.07, 6.45) is 5.56. The van der Waals surface area contributed by atoms with Crippen LogP contribution < -0.4 is 11.1 Å². The van der Waals surface area contributed by atoms with Gasteiger partial charge in [0.25, 0.3) is 0 Å². The van der Waals surface area contributed by atoms with E-state index in [1.54, 1.807) is 11.8 Å². The summed E-state index contributed by atoms with van der Waals surface area (Å²) in [6, 6.07) is 0.315. The Morgan fingerprint density at radius 2 is 2.06 bits per heavy atom. The summed E-state index contributed by atoms with van der Waals surface area (Å²) >= 11 is 1.78. The molecule has 102 valence electrons. The molecule has 1 amide bonds. The molecule has 0 aliphatic carbocycles. The monoisotopic (exact) mass is 260 g/mol. The summed E-state index contributed by atoms with van der Waals surface area (Å²) in [7, 11) is 0. The molecular weight excluding hydrogens is 232 g/mol. The standard InChI is InChI=1S/C13H28N2OS/c1-5-11(10-17-4)15-12(16)6-7-13(2,3)8-9-14/h11H,5-10,14H2,1-4H3,(H,15,16). The molecule has 0 aliphatic rings. The Kier molecular flexibility index (Phi) is 8.70. The number of hydrogen-bond donors (Lipinski definition) is 2. The van der Waals surface area contributed by atoms with E-state index in [4.69, 9.17) is 5.73 Å². The Morgan fingerprint density at radius 1 is 1.41 bits per heavy atom. The lowest BCUT2D eigenvalue weighted by molar-refractivity contribution is -0.122. The SMILES string of the molecule is CCC(CSC)NC(=O)CCC(C)(C)CCN. The van der Waals surface area contributed by atoms with E-state index in [2.05, 4.69) is 32.3 Å². The molecule has 3 N–H and O–H groups in total. The normalized spacial score (nSPS) is 13.5. The van der Waals surface area contributed by atoms with Crippen molar-refractivity contribution < 1.29 is 4.79 Å². The van der Waals surface area contributed by atoms with Gasteiger partial charge in [-0.15, -0.1) is 0 Å². The van der Waals surface area contributed by atoms with Crippen LogP contribution in [0.1, 0.15) is 46.5 Å². The van der Waals surface area contributed by atoms with Gasteiger partial charge in [0.1, 0.15) is 0 Å². The lowest BCUT2D eigenvalue weighted by atomic mass is 9.84. The second kappa shape index (κ2) is 8.81. The maximum atomic E-state index is 11.8. The molecule has 0 aromatic heterocycles. The van der Waals surface area contributed by atoms with Gasteiger partial charge in [-0.3, -0.25) is 4.79 Å². The van der Waals surface area contributed by atoms with Gasteiger partial charge in [0.2, 0.25) is 5.91 Å². The van der Waals surface area contributed by atoms with Gasteiger partial charge in [-0.1, -0.05) is 20.8 Å². The van der Waals surface area contributed by atoms with Crippen LogP contribution in [0.25, 0.3) is 0 Å². The predicted octanol–water partition coefficient (Wildman–Crippen LogP) is 2.40. The molecule has 0 heterocycles. The topological polar surface area (TPSA) is 55.1 Å². The van der Waals surface area contributed by atoms with Crippen molar-refractivity contribution in [3.63, 3.8) is 0 Å². The highest BCUT2D eigenvalue weighted by Crippen LogP contribution is 2.25. The maximum absolute atomic E-state index is 11.8. The van der Waals surface area contributed by atoms with Gasteiger partial charge in [0.15, 0.2) is 0 Å². The quantitative estimate of drug-likeness (QED) is 0.669.